The molecule has 5 nitrogen and oxygen atoms in total. The van der Waals surface area contributed by atoms with Crippen molar-refractivity contribution in [1.29, 1.82) is 0 Å². The number of carbonyl (C=O) groups is 1. The zero-order valence-corrected chi connectivity index (χ0v) is 16.8. The van der Waals surface area contributed by atoms with Crippen LogP contribution in [-0.2, 0) is 0 Å². The lowest BCUT2D eigenvalue weighted by atomic mass is 9.90. The number of fused-ring (bicyclic) bond motifs is 1. The minimum absolute atomic E-state index is 0.0342. The third-order valence-corrected chi connectivity index (χ3v) is 4.71. The van der Waals surface area contributed by atoms with E-state index in [1.54, 1.807) is 18.3 Å². The molecular formula is C24H23N3O2. The number of para-hydroxylation sites is 1. The van der Waals surface area contributed by atoms with E-state index in [4.69, 9.17) is 4.74 Å². The molecule has 29 heavy (non-hydrogen) atoms. The van der Waals surface area contributed by atoms with Crippen molar-refractivity contribution in [3.05, 3.63) is 78.1 Å². The highest BCUT2D eigenvalue weighted by atomic mass is 16.5. The Morgan fingerprint density at radius 2 is 1.90 bits per heavy atom. The smallest absolute Gasteiger partial charge is 0.255 e. The molecular weight excluding hydrogens is 362 g/mol. The van der Waals surface area contributed by atoms with Gasteiger partial charge in [-0.05, 0) is 42.5 Å². The standard InChI is InChI=1S/C24H23N3O2/c1-24(2,3)22-14-17(15-26-22)27-23(28)16-7-6-8-18(13-16)29-21-11-12-25-20-10-5-4-9-19(20)21/h4-14H,15H2,1-3H3,(H,27,28). The van der Waals surface area contributed by atoms with Gasteiger partial charge in [-0.1, -0.05) is 39.0 Å². The molecule has 0 aliphatic carbocycles. The predicted octanol–water partition coefficient (Wildman–Crippen LogP) is 5.14. The third-order valence-electron chi connectivity index (χ3n) is 4.71. The number of ether oxygens (including phenoxy) is 1. The van der Waals surface area contributed by atoms with Gasteiger partial charge in [0, 0.05) is 34.0 Å². The zero-order valence-electron chi connectivity index (χ0n) is 16.8. The summed E-state index contributed by atoms with van der Waals surface area (Å²) in [4.78, 5) is 21.6. The van der Waals surface area contributed by atoms with Gasteiger partial charge in [-0.3, -0.25) is 14.8 Å². The first kappa shape index (κ1) is 18.9. The van der Waals surface area contributed by atoms with Crippen molar-refractivity contribution >= 4 is 22.5 Å². The average Bonchev–Trinajstić information content (AvgIpc) is 3.18. The second-order valence-corrected chi connectivity index (χ2v) is 8.03. The van der Waals surface area contributed by atoms with Gasteiger partial charge in [-0.25, -0.2) is 0 Å². The van der Waals surface area contributed by atoms with Crippen molar-refractivity contribution in [1.82, 2.24) is 10.3 Å². The third kappa shape index (κ3) is 4.19. The van der Waals surface area contributed by atoms with Crippen LogP contribution in [0.4, 0.5) is 0 Å². The molecule has 0 spiro atoms. The molecule has 0 atom stereocenters. The summed E-state index contributed by atoms with van der Waals surface area (Å²) in [6.07, 6.45) is 3.68. The summed E-state index contributed by atoms with van der Waals surface area (Å²) < 4.78 is 6.06. The highest BCUT2D eigenvalue weighted by Crippen LogP contribution is 2.29. The Kier molecular flexibility index (Phi) is 4.89. The number of carbonyl (C=O) groups excluding carboxylic acids is 1. The number of benzene rings is 2. The van der Waals surface area contributed by atoms with Crippen LogP contribution in [0.3, 0.4) is 0 Å². The lowest BCUT2D eigenvalue weighted by Gasteiger charge is -2.16. The number of pyridine rings is 1. The molecule has 0 saturated carbocycles. The molecule has 5 heteroatoms. The summed E-state index contributed by atoms with van der Waals surface area (Å²) in [6, 6.07) is 16.8. The number of aromatic nitrogens is 1. The van der Waals surface area contributed by atoms with E-state index in [0.717, 1.165) is 22.3 Å². The number of nitrogens with zero attached hydrogens (tertiary/aromatic N) is 2. The molecule has 0 radical (unpaired) electrons. The van der Waals surface area contributed by atoms with E-state index in [1.165, 1.54) is 0 Å². The van der Waals surface area contributed by atoms with Crippen LogP contribution in [-0.4, -0.2) is 23.1 Å². The first-order chi connectivity index (χ1) is 13.9. The minimum atomic E-state index is -0.174. The molecule has 1 aliphatic rings. The average molecular weight is 385 g/mol. The maximum atomic E-state index is 12.7. The van der Waals surface area contributed by atoms with Crippen LogP contribution < -0.4 is 10.1 Å². The highest BCUT2D eigenvalue weighted by molar-refractivity contribution is 6.03. The van der Waals surface area contributed by atoms with Gasteiger partial charge in [0.25, 0.3) is 5.91 Å². The molecule has 1 amide bonds. The Bertz CT molecular complexity index is 1130. The number of hydrogen-bond acceptors (Lipinski definition) is 4. The SMILES string of the molecule is CC(C)(C)C1=NCC(NC(=O)c2cccc(Oc3ccnc4ccccc34)c2)=C1. The first-order valence-corrected chi connectivity index (χ1v) is 9.59. The van der Waals surface area contributed by atoms with Crippen LogP contribution in [0.2, 0.25) is 0 Å². The largest absolute Gasteiger partial charge is 0.457 e. The van der Waals surface area contributed by atoms with Gasteiger partial charge in [0.2, 0.25) is 0 Å². The molecule has 2 aromatic carbocycles. The summed E-state index contributed by atoms with van der Waals surface area (Å²) >= 11 is 0. The maximum absolute atomic E-state index is 12.7. The van der Waals surface area contributed by atoms with E-state index in [-0.39, 0.29) is 11.3 Å². The monoisotopic (exact) mass is 385 g/mol. The number of nitrogens with one attached hydrogen (secondary N) is 1. The molecule has 0 unspecified atom stereocenters. The van der Waals surface area contributed by atoms with Gasteiger partial charge in [-0.2, -0.15) is 0 Å². The fourth-order valence-electron chi connectivity index (χ4n) is 3.16. The Hall–Kier alpha value is -3.47. The lowest BCUT2D eigenvalue weighted by Crippen LogP contribution is -2.23. The van der Waals surface area contributed by atoms with E-state index in [0.29, 0.717) is 23.6 Å². The second kappa shape index (κ2) is 7.51. The summed E-state index contributed by atoms with van der Waals surface area (Å²) in [7, 11) is 0. The van der Waals surface area contributed by atoms with Gasteiger partial charge < -0.3 is 10.1 Å². The Balaban J connectivity index is 1.51. The fourth-order valence-corrected chi connectivity index (χ4v) is 3.16. The molecule has 4 rings (SSSR count). The van der Waals surface area contributed by atoms with Gasteiger partial charge in [0.05, 0.1) is 12.1 Å². The van der Waals surface area contributed by atoms with Gasteiger partial charge >= 0.3 is 0 Å². The van der Waals surface area contributed by atoms with Crippen molar-refractivity contribution in [2.45, 2.75) is 20.8 Å². The molecule has 0 saturated heterocycles. The second-order valence-electron chi connectivity index (χ2n) is 8.03. The van der Waals surface area contributed by atoms with Crippen LogP contribution in [0.25, 0.3) is 10.9 Å². The van der Waals surface area contributed by atoms with Crippen molar-refractivity contribution in [2.75, 3.05) is 6.54 Å². The van der Waals surface area contributed by atoms with Crippen LogP contribution in [0.15, 0.2) is 77.6 Å². The van der Waals surface area contributed by atoms with Crippen LogP contribution >= 0.6 is 0 Å². The Morgan fingerprint density at radius 3 is 2.69 bits per heavy atom. The number of amides is 1. The highest BCUT2D eigenvalue weighted by Gasteiger charge is 2.22. The van der Waals surface area contributed by atoms with E-state index in [2.05, 4.69) is 36.1 Å². The maximum Gasteiger partial charge on any atom is 0.255 e. The number of aliphatic imine (C=N–C) groups is 1. The summed E-state index contributed by atoms with van der Waals surface area (Å²) in [6.45, 7) is 6.82. The number of rotatable bonds is 4. The van der Waals surface area contributed by atoms with Crippen molar-refractivity contribution in [3.63, 3.8) is 0 Å². The van der Waals surface area contributed by atoms with Gasteiger partial charge in [0.15, 0.2) is 0 Å². The topological polar surface area (TPSA) is 63.6 Å². The van der Waals surface area contributed by atoms with Crippen molar-refractivity contribution in [3.8, 4) is 11.5 Å². The number of allylic oxidation sites excluding steroid dienone is 1. The van der Waals surface area contributed by atoms with E-state index in [1.807, 2.05) is 48.5 Å². The fraction of sp³-hybridized carbons (Fsp3) is 0.208. The van der Waals surface area contributed by atoms with Crippen molar-refractivity contribution in [2.24, 2.45) is 10.4 Å². The summed E-state index contributed by atoms with van der Waals surface area (Å²) in [5.41, 5.74) is 3.17. The normalized spacial score (nSPS) is 13.8. The molecule has 3 aromatic rings. The first-order valence-electron chi connectivity index (χ1n) is 9.59. The van der Waals surface area contributed by atoms with Crippen LogP contribution in [0, 0.1) is 5.41 Å². The van der Waals surface area contributed by atoms with Gasteiger partial charge in [-0.15, -0.1) is 0 Å². The molecule has 1 aliphatic heterocycles. The molecule has 1 N–H and O–H groups in total. The number of hydrogen-bond donors (Lipinski definition) is 1. The molecule has 2 heterocycles. The Labute approximate surface area is 170 Å². The van der Waals surface area contributed by atoms with Crippen molar-refractivity contribution < 1.29 is 9.53 Å². The van der Waals surface area contributed by atoms with E-state index >= 15 is 0 Å². The zero-order chi connectivity index (χ0) is 20.4. The quantitative estimate of drug-likeness (QED) is 0.676. The summed E-state index contributed by atoms with van der Waals surface area (Å²) in [5, 5.41) is 3.88. The predicted molar refractivity (Wildman–Crippen MR) is 116 cm³/mol. The molecule has 1 aromatic heterocycles. The minimum Gasteiger partial charge on any atom is -0.457 e. The van der Waals surface area contributed by atoms with Gasteiger partial charge in [0.1, 0.15) is 11.5 Å². The lowest BCUT2D eigenvalue weighted by molar-refractivity contribution is 0.0965. The summed E-state index contributed by atoms with van der Waals surface area (Å²) in [5.74, 6) is 1.13. The molecule has 0 bridgehead atoms. The van der Waals surface area contributed by atoms with E-state index < -0.39 is 0 Å². The molecule has 0 fully saturated rings. The van der Waals surface area contributed by atoms with E-state index in [9.17, 15) is 4.79 Å². The molecule has 146 valence electrons. The van der Waals surface area contributed by atoms with Crippen LogP contribution in [0.5, 0.6) is 11.5 Å². The van der Waals surface area contributed by atoms with Crippen LogP contribution in [0.1, 0.15) is 31.1 Å². The Morgan fingerprint density at radius 1 is 1.07 bits per heavy atom.